The number of ether oxygens (including phenoxy) is 2. The van der Waals surface area contributed by atoms with Gasteiger partial charge in [0.15, 0.2) is 12.5 Å². The second kappa shape index (κ2) is 14.4. The zero-order valence-corrected chi connectivity index (χ0v) is 26.6. The molecule has 246 valence electrons. The van der Waals surface area contributed by atoms with E-state index in [2.05, 4.69) is 42.3 Å². The summed E-state index contributed by atoms with van der Waals surface area (Å²) in [6, 6.07) is 12.2. The molecule has 4 N–H and O–H groups in total. The van der Waals surface area contributed by atoms with E-state index in [-0.39, 0.29) is 5.48 Å². The van der Waals surface area contributed by atoms with Gasteiger partial charge in [0.1, 0.15) is 25.3 Å². The number of rotatable bonds is 12. The number of aromatic amines is 2. The molecule has 4 heterocycles. The van der Waals surface area contributed by atoms with Gasteiger partial charge in [-0.05, 0) is 74.7 Å². The van der Waals surface area contributed by atoms with Crippen LogP contribution in [0.2, 0.25) is 0 Å². The number of nitrogens with one attached hydrogen (secondary N) is 2. The third-order valence-corrected chi connectivity index (χ3v) is 7.88. The summed E-state index contributed by atoms with van der Waals surface area (Å²) in [5.41, 5.74) is 5.91. The fourth-order valence-electron chi connectivity index (χ4n) is 5.37. The molecule has 0 spiro atoms. The van der Waals surface area contributed by atoms with Gasteiger partial charge in [0.2, 0.25) is 0 Å². The SMILES string of the molecule is CN(C)C(Cc1c[nH]c2ccc(Cn3cncn3)cc12)OC(=O)C(=O)OC(Cc1c[nH]c2ccc(Cn3cncn3)cc12)N(C)C.O. The number of carbonyl (C=O) groups excluding carboxylic acids is 2. The standard InChI is InChI=1S/C32H36N10O4.H2O/c1-39(2)29(11-23-13-35-27-7-5-21(9-25(23)27)15-41-19-33-17-37-41)45-31(43)32(44)46-30(40(3)4)12-24-14-36-28-8-6-22(10-26(24)28)16-42-20-34-18-38-42;/h5-10,13-14,17-20,29-30,35-36H,11-12,15-16H2,1-4H3;1H2. The molecular formula is C32H38N10O5. The predicted molar refractivity (Wildman–Crippen MR) is 173 cm³/mol. The fraction of sp³-hybridized carbons (Fsp3) is 0.312. The summed E-state index contributed by atoms with van der Waals surface area (Å²) in [7, 11) is 7.19. The Balaban J connectivity index is 0.00000433. The van der Waals surface area contributed by atoms with E-state index >= 15 is 0 Å². The molecular weight excluding hydrogens is 604 g/mol. The highest BCUT2D eigenvalue weighted by atomic mass is 16.6. The van der Waals surface area contributed by atoms with E-state index in [0.29, 0.717) is 25.9 Å². The van der Waals surface area contributed by atoms with Crippen molar-refractivity contribution in [1.29, 1.82) is 0 Å². The normalized spacial score (nSPS) is 12.8. The van der Waals surface area contributed by atoms with Crippen molar-refractivity contribution in [3.8, 4) is 0 Å². The number of hydrogen-bond acceptors (Lipinski definition) is 10. The first kappa shape index (κ1) is 33.0. The third-order valence-electron chi connectivity index (χ3n) is 7.88. The van der Waals surface area contributed by atoms with Gasteiger partial charge in [-0.15, -0.1) is 0 Å². The molecule has 6 aromatic rings. The van der Waals surface area contributed by atoms with Gasteiger partial charge in [-0.25, -0.2) is 28.9 Å². The van der Waals surface area contributed by atoms with Crippen LogP contribution in [0, 0.1) is 0 Å². The smallest absolute Gasteiger partial charge is 0.419 e. The molecule has 47 heavy (non-hydrogen) atoms. The average molecular weight is 643 g/mol. The summed E-state index contributed by atoms with van der Waals surface area (Å²) in [6.45, 7) is 1.16. The van der Waals surface area contributed by atoms with Crippen LogP contribution >= 0.6 is 0 Å². The molecule has 15 nitrogen and oxygen atoms in total. The van der Waals surface area contributed by atoms with Crippen LogP contribution < -0.4 is 0 Å². The maximum absolute atomic E-state index is 13.1. The van der Waals surface area contributed by atoms with Gasteiger partial charge in [0.05, 0.1) is 13.1 Å². The number of benzene rings is 2. The molecule has 0 aliphatic heterocycles. The number of nitrogens with zero attached hydrogens (tertiary/aromatic N) is 8. The first-order valence-electron chi connectivity index (χ1n) is 14.8. The van der Waals surface area contributed by atoms with Gasteiger partial charge in [-0.3, -0.25) is 9.80 Å². The lowest BCUT2D eigenvalue weighted by molar-refractivity contribution is -0.182. The molecule has 0 radical (unpaired) electrons. The zero-order valence-electron chi connectivity index (χ0n) is 26.6. The quantitative estimate of drug-likeness (QED) is 0.113. The van der Waals surface area contributed by atoms with Crippen molar-refractivity contribution in [2.24, 2.45) is 0 Å². The largest absolute Gasteiger partial charge is 0.438 e. The maximum Gasteiger partial charge on any atom is 0.419 e. The van der Waals surface area contributed by atoms with Crippen LogP contribution in [0.15, 0.2) is 74.1 Å². The number of aromatic nitrogens is 8. The van der Waals surface area contributed by atoms with Crippen LogP contribution in [-0.2, 0) is 45.0 Å². The van der Waals surface area contributed by atoms with E-state index in [0.717, 1.165) is 44.1 Å². The highest BCUT2D eigenvalue weighted by molar-refractivity contribution is 6.29. The van der Waals surface area contributed by atoms with Gasteiger partial charge < -0.3 is 24.9 Å². The van der Waals surface area contributed by atoms with Crippen LogP contribution in [0.1, 0.15) is 22.3 Å². The highest BCUT2D eigenvalue weighted by Crippen LogP contribution is 2.24. The Morgan fingerprint density at radius 3 is 1.51 bits per heavy atom. The van der Waals surface area contributed by atoms with Crippen molar-refractivity contribution >= 4 is 33.7 Å². The molecule has 2 unspecified atom stereocenters. The monoisotopic (exact) mass is 642 g/mol. The molecule has 4 aromatic heterocycles. The first-order chi connectivity index (χ1) is 22.2. The summed E-state index contributed by atoms with van der Waals surface area (Å²) < 4.78 is 14.9. The average Bonchev–Trinajstić information content (AvgIpc) is 3.86. The number of fused-ring (bicyclic) bond motifs is 2. The van der Waals surface area contributed by atoms with Crippen LogP contribution in [0.4, 0.5) is 0 Å². The van der Waals surface area contributed by atoms with Gasteiger partial charge >= 0.3 is 11.9 Å². The predicted octanol–water partition coefficient (Wildman–Crippen LogP) is 1.75. The Hall–Kier alpha value is -5.38. The number of carbonyl (C=O) groups is 2. The number of likely N-dealkylation sites (N-methyl/N-ethyl adjacent to an activating group) is 2. The van der Waals surface area contributed by atoms with Crippen molar-refractivity contribution in [2.75, 3.05) is 28.2 Å². The topological polar surface area (TPSA) is 184 Å². The summed E-state index contributed by atoms with van der Waals surface area (Å²) in [5, 5.41) is 10.4. The Labute approximate surface area is 270 Å². The summed E-state index contributed by atoms with van der Waals surface area (Å²) >= 11 is 0. The van der Waals surface area contributed by atoms with Crippen molar-refractivity contribution in [3.05, 3.63) is 96.4 Å². The molecule has 6 rings (SSSR count). The molecule has 0 saturated carbocycles. The second-order valence-corrected chi connectivity index (χ2v) is 11.6. The Kier molecular flexibility index (Phi) is 10.1. The van der Waals surface area contributed by atoms with Gasteiger partial charge in [-0.1, -0.05) is 12.1 Å². The molecule has 2 aromatic carbocycles. The fourth-order valence-corrected chi connectivity index (χ4v) is 5.37. The van der Waals surface area contributed by atoms with Gasteiger partial charge in [0, 0.05) is 47.0 Å². The summed E-state index contributed by atoms with van der Waals surface area (Å²) in [4.78, 5) is 44.2. The molecule has 15 heteroatoms. The lowest BCUT2D eigenvalue weighted by Gasteiger charge is -2.26. The Morgan fingerprint density at radius 1 is 0.723 bits per heavy atom. The van der Waals surface area contributed by atoms with E-state index in [1.54, 1.807) is 60.0 Å². The molecule has 0 amide bonds. The minimum atomic E-state index is -1.05. The van der Waals surface area contributed by atoms with E-state index < -0.39 is 24.4 Å². The molecule has 0 aliphatic carbocycles. The van der Waals surface area contributed by atoms with Crippen LogP contribution in [-0.4, -0.2) is 107 Å². The van der Waals surface area contributed by atoms with E-state index in [4.69, 9.17) is 9.47 Å². The lowest BCUT2D eigenvalue weighted by Crippen LogP contribution is -2.40. The summed E-state index contributed by atoms with van der Waals surface area (Å²) in [6.07, 6.45) is 9.46. The Morgan fingerprint density at radius 2 is 1.15 bits per heavy atom. The van der Waals surface area contributed by atoms with E-state index in [1.807, 2.05) is 36.7 Å². The van der Waals surface area contributed by atoms with E-state index in [1.165, 1.54) is 12.7 Å². The maximum atomic E-state index is 13.1. The first-order valence-corrected chi connectivity index (χ1v) is 14.8. The van der Waals surface area contributed by atoms with Crippen LogP contribution in [0.25, 0.3) is 21.8 Å². The Bertz CT molecular complexity index is 1790. The van der Waals surface area contributed by atoms with Crippen molar-refractivity contribution in [2.45, 2.75) is 38.4 Å². The molecule has 0 saturated heterocycles. The van der Waals surface area contributed by atoms with Crippen molar-refractivity contribution in [3.63, 3.8) is 0 Å². The minimum absolute atomic E-state index is 0. The zero-order chi connectivity index (χ0) is 32.2. The number of hydrogen-bond donors (Lipinski definition) is 2. The highest BCUT2D eigenvalue weighted by Gasteiger charge is 2.29. The molecule has 0 fully saturated rings. The molecule has 0 bridgehead atoms. The van der Waals surface area contributed by atoms with Crippen LogP contribution in [0.5, 0.6) is 0 Å². The minimum Gasteiger partial charge on any atom is -0.438 e. The third kappa shape index (κ3) is 7.71. The number of esters is 2. The number of H-pyrrole nitrogens is 2. The van der Waals surface area contributed by atoms with Crippen LogP contribution in [0.3, 0.4) is 0 Å². The second-order valence-electron chi connectivity index (χ2n) is 11.6. The van der Waals surface area contributed by atoms with Gasteiger partial charge in [0.25, 0.3) is 0 Å². The summed E-state index contributed by atoms with van der Waals surface area (Å²) in [5.74, 6) is -2.10. The van der Waals surface area contributed by atoms with Crippen molar-refractivity contribution in [1.82, 2.24) is 49.3 Å². The van der Waals surface area contributed by atoms with Crippen molar-refractivity contribution < 1.29 is 24.5 Å². The molecule has 2 atom stereocenters. The lowest BCUT2D eigenvalue weighted by atomic mass is 10.1. The molecule has 0 aliphatic rings. The van der Waals surface area contributed by atoms with E-state index in [9.17, 15) is 9.59 Å². The van der Waals surface area contributed by atoms with Gasteiger partial charge in [-0.2, -0.15) is 10.2 Å².